The predicted molar refractivity (Wildman–Crippen MR) is 63.1 cm³/mol. The van der Waals surface area contributed by atoms with Crippen LogP contribution in [0.25, 0.3) is 0 Å². The Kier molecular flexibility index (Phi) is 5.15. The van der Waals surface area contributed by atoms with E-state index in [1.165, 1.54) is 0 Å². The monoisotopic (exact) mass is 325 g/mol. The fourth-order valence-electron chi connectivity index (χ4n) is 1.51. The fourth-order valence-corrected chi connectivity index (χ4v) is 1.95. The molecule has 0 spiro atoms. The van der Waals surface area contributed by atoms with E-state index in [0.29, 0.717) is 5.56 Å². The Morgan fingerprint density at radius 3 is 2.56 bits per heavy atom. The molecule has 3 nitrogen and oxygen atoms in total. The molecule has 0 amide bonds. The number of carbonyl (C=O) groups is 1. The van der Waals surface area contributed by atoms with Gasteiger partial charge in [0.25, 0.3) is 0 Å². The van der Waals surface area contributed by atoms with Crippen molar-refractivity contribution < 1.29 is 23.1 Å². The summed E-state index contributed by atoms with van der Waals surface area (Å²) in [6.07, 6.45) is -4.42. The van der Waals surface area contributed by atoms with Crippen molar-refractivity contribution in [2.45, 2.75) is 12.7 Å². The van der Waals surface area contributed by atoms with Crippen LogP contribution >= 0.6 is 15.9 Å². The molecule has 0 saturated heterocycles. The van der Waals surface area contributed by atoms with E-state index in [-0.39, 0.29) is 6.54 Å². The van der Waals surface area contributed by atoms with E-state index in [4.69, 9.17) is 5.11 Å². The van der Waals surface area contributed by atoms with E-state index in [2.05, 4.69) is 15.9 Å². The van der Waals surface area contributed by atoms with Gasteiger partial charge in [-0.1, -0.05) is 28.1 Å². The van der Waals surface area contributed by atoms with E-state index >= 15 is 0 Å². The SMILES string of the molecule is O=C(O)CN(Cc1cccc(Br)c1)CC(F)(F)F. The first kappa shape index (κ1) is 15.0. The molecule has 1 aromatic carbocycles. The van der Waals surface area contributed by atoms with Crippen molar-refractivity contribution in [2.75, 3.05) is 13.1 Å². The van der Waals surface area contributed by atoms with Crippen molar-refractivity contribution in [1.82, 2.24) is 4.90 Å². The lowest BCUT2D eigenvalue weighted by atomic mass is 10.2. The number of hydrogen-bond donors (Lipinski definition) is 1. The lowest BCUT2D eigenvalue weighted by Crippen LogP contribution is -2.37. The van der Waals surface area contributed by atoms with Crippen molar-refractivity contribution >= 4 is 21.9 Å². The van der Waals surface area contributed by atoms with Gasteiger partial charge < -0.3 is 5.11 Å². The molecule has 0 aliphatic rings. The molecular formula is C11H11BrF3NO2. The molecule has 1 rings (SSSR count). The fraction of sp³-hybridized carbons (Fsp3) is 0.364. The number of rotatable bonds is 5. The summed E-state index contributed by atoms with van der Waals surface area (Å²) in [4.78, 5) is 11.4. The molecule has 7 heteroatoms. The number of aliphatic carboxylic acids is 1. The third kappa shape index (κ3) is 6.02. The summed E-state index contributed by atoms with van der Waals surface area (Å²) in [6.45, 7) is -1.96. The second kappa shape index (κ2) is 6.19. The van der Waals surface area contributed by atoms with Gasteiger partial charge in [0.15, 0.2) is 0 Å². The van der Waals surface area contributed by atoms with Gasteiger partial charge in [-0.15, -0.1) is 0 Å². The van der Waals surface area contributed by atoms with Crippen molar-refractivity contribution in [1.29, 1.82) is 0 Å². The first-order valence-electron chi connectivity index (χ1n) is 5.01. The molecule has 18 heavy (non-hydrogen) atoms. The molecule has 0 radical (unpaired) electrons. The lowest BCUT2D eigenvalue weighted by molar-refractivity contribution is -0.154. The molecule has 0 heterocycles. The molecule has 1 N–H and O–H groups in total. The Labute approximate surface area is 110 Å². The molecular weight excluding hydrogens is 315 g/mol. The molecule has 0 atom stereocenters. The number of carboxylic acids is 1. The van der Waals surface area contributed by atoms with Gasteiger partial charge >= 0.3 is 12.1 Å². The number of carboxylic acid groups (broad SMARTS) is 1. The van der Waals surface area contributed by atoms with Crippen molar-refractivity contribution in [3.8, 4) is 0 Å². The summed E-state index contributed by atoms with van der Waals surface area (Å²) in [5.41, 5.74) is 0.620. The van der Waals surface area contributed by atoms with Crippen molar-refractivity contribution in [2.24, 2.45) is 0 Å². The van der Waals surface area contributed by atoms with Gasteiger partial charge in [0.2, 0.25) is 0 Å². The molecule has 0 aliphatic heterocycles. The third-order valence-electron chi connectivity index (χ3n) is 2.06. The maximum absolute atomic E-state index is 12.3. The summed E-state index contributed by atoms with van der Waals surface area (Å²) in [5.74, 6) is -1.28. The molecule has 0 unspecified atom stereocenters. The Balaban J connectivity index is 2.74. The molecule has 0 bridgehead atoms. The standard InChI is InChI=1S/C11H11BrF3NO2/c12-9-3-1-2-8(4-9)5-16(6-10(17)18)7-11(13,14)15/h1-4H,5-7H2,(H,17,18). The number of benzene rings is 1. The number of nitrogens with zero attached hydrogens (tertiary/aromatic N) is 1. The van der Waals surface area contributed by atoms with Gasteiger partial charge in [0.05, 0.1) is 13.1 Å². The van der Waals surface area contributed by atoms with Gasteiger partial charge in [-0.25, -0.2) is 0 Å². The van der Waals surface area contributed by atoms with E-state index in [1.807, 2.05) is 0 Å². The Morgan fingerprint density at radius 2 is 2.06 bits per heavy atom. The Bertz CT molecular complexity index is 423. The smallest absolute Gasteiger partial charge is 0.401 e. The first-order chi connectivity index (χ1) is 8.26. The highest BCUT2D eigenvalue weighted by molar-refractivity contribution is 9.10. The molecule has 0 saturated carbocycles. The zero-order valence-electron chi connectivity index (χ0n) is 9.25. The summed E-state index contributed by atoms with van der Waals surface area (Å²) in [6, 6.07) is 6.74. The maximum atomic E-state index is 12.3. The molecule has 0 fully saturated rings. The summed E-state index contributed by atoms with van der Waals surface area (Å²) >= 11 is 3.21. The number of alkyl halides is 3. The summed E-state index contributed by atoms with van der Waals surface area (Å²) in [5, 5.41) is 8.60. The third-order valence-corrected chi connectivity index (χ3v) is 2.55. The van der Waals surface area contributed by atoms with Crippen LogP contribution in [0.4, 0.5) is 13.2 Å². The van der Waals surface area contributed by atoms with Gasteiger partial charge in [0, 0.05) is 11.0 Å². The van der Waals surface area contributed by atoms with Crippen LogP contribution in [0, 0.1) is 0 Å². The predicted octanol–water partition coefficient (Wildman–Crippen LogP) is 2.90. The minimum atomic E-state index is -4.42. The quantitative estimate of drug-likeness (QED) is 0.905. The van der Waals surface area contributed by atoms with Crippen LogP contribution in [0.1, 0.15) is 5.56 Å². The van der Waals surface area contributed by atoms with Crippen LogP contribution < -0.4 is 0 Å². The average Bonchev–Trinajstić information content (AvgIpc) is 2.12. The first-order valence-corrected chi connectivity index (χ1v) is 5.81. The molecule has 1 aromatic rings. The van der Waals surface area contributed by atoms with Gasteiger partial charge in [-0.3, -0.25) is 9.69 Å². The highest BCUT2D eigenvalue weighted by Gasteiger charge is 2.31. The largest absolute Gasteiger partial charge is 0.480 e. The van der Waals surface area contributed by atoms with E-state index in [9.17, 15) is 18.0 Å². The average molecular weight is 326 g/mol. The van der Waals surface area contributed by atoms with Gasteiger partial charge in [0.1, 0.15) is 0 Å². The van der Waals surface area contributed by atoms with Crippen LogP contribution in [0.15, 0.2) is 28.7 Å². The van der Waals surface area contributed by atoms with Crippen LogP contribution in [-0.2, 0) is 11.3 Å². The molecule has 0 aliphatic carbocycles. The minimum Gasteiger partial charge on any atom is -0.480 e. The van der Waals surface area contributed by atoms with Gasteiger partial charge in [-0.05, 0) is 17.7 Å². The summed E-state index contributed by atoms with van der Waals surface area (Å²) < 4.78 is 37.6. The molecule has 100 valence electrons. The zero-order valence-corrected chi connectivity index (χ0v) is 10.8. The van der Waals surface area contributed by atoms with Gasteiger partial charge in [-0.2, -0.15) is 13.2 Å². The molecule has 0 aromatic heterocycles. The summed E-state index contributed by atoms with van der Waals surface area (Å²) in [7, 11) is 0. The van der Waals surface area contributed by atoms with Crippen molar-refractivity contribution in [3.63, 3.8) is 0 Å². The van der Waals surface area contributed by atoms with Crippen LogP contribution in [-0.4, -0.2) is 35.2 Å². The Morgan fingerprint density at radius 1 is 1.39 bits per heavy atom. The highest BCUT2D eigenvalue weighted by Crippen LogP contribution is 2.19. The number of halogens is 4. The topological polar surface area (TPSA) is 40.5 Å². The van der Waals surface area contributed by atoms with Crippen molar-refractivity contribution in [3.05, 3.63) is 34.3 Å². The second-order valence-corrected chi connectivity index (χ2v) is 4.70. The lowest BCUT2D eigenvalue weighted by Gasteiger charge is -2.21. The normalized spacial score (nSPS) is 11.8. The maximum Gasteiger partial charge on any atom is 0.401 e. The second-order valence-electron chi connectivity index (χ2n) is 3.78. The van der Waals surface area contributed by atoms with E-state index in [1.54, 1.807) is 24.3 Å². The Hall–Kier alpha value is -1.08. The highest BCUT2D eigenvalue weighted by atomic mass is 79.9. The van der Waals surface area contributed by atoms with Crippen LogP contribution in [0.3, 0.4) is 0 Å². The van der Waals surface area contributed by atoms with E-state index < -0.39 is 25.2 Å². The number of hydrogen-bond acceptors (Lipinski definition) is 2. The minimum absolute atomic E-state index is 0.0642. The van der Waals surface area contributed by atoms with Crippen LogP contribution in [0.2, 0.25) is 0 Å². The zero-order chi connectivity index (χ0) is 13.8. The van der Waals surface area contributed by atoms with Crippen LogP contribution in [0.5, 0.6) is 0 Å². The van der Waals surface area contributed by atoms with E-state index in [0.717, 1.165) is 9.37 Å².